The molecule has 0 aromatic rings. The molecule has 0 spiro atoms. The molecule has 0 aromatic heterocycles. The van der Waals surface area contributed by atoms with Crippen LogP contribution in [0.15, 0.2) is 0 Å². The van der Waals surface area contributed by atoms with Gasteiger partial charge in [-0.3, -0.25) is 14.4 Å². The number of ether oxygens (including phenoxy) is 3. The van der Waals surface area contributed by atoms with Crippen molar-refractivity contribution in [2.24, 2.45) is 0 Å². The van der Waals surface area contributed by atoms with Gasteiger partial charge in [0.2, 0.25) is 0 Å². The van der Waals surface area contributed by atoms with Crippen LogP contribution in [0.1, 0.15) is 181 Å². The maximum Gasteiger partial charge on any atom is 0.306 e. The molecule has 0 bridgehead atoms. The molecule has 1 atom stereocenters. The summed E-state index contributed by atoms with van der Waals surface area (Å²) in [6.45, 7) is 6.47. The average Bonchev–Trinajstić information content (AvgIpc) is 2.94. The van der Waals surface area contributed by atoms with Crippen LogP contribution in [0.25, 0.3) is 0 Å². The van der Waals surface area contributed by atoms with Crippen LogP contribution in [0.2, 0.25) is 0 Å². The lowest BCUT2D eigenvalue weighted by Crippen LogP contribution is -2.30. The molecule has 6 nitrogen and oxygen atoms in total. The Morgan fingerprint density at radius 2 is 0.675 bits per heavy atom. The Hall–Kier alpha value is -1.59. The molecule has 0 aliphatic heterocycles. The molecular formula is C34H64O6. The Balaban J connectivity index is 4.29. The van der Waals surface area contributed by atoms with E-state index in [1.165, 1.54) is 77.0 Å². The van der Waals surface area contributed by atoms with Crippen LogP contribution < -0.4 is 0 Å². The summed E-state index contributed by atoms with van der Waals surface area (Å²) in [5.41, 5.74) is 0. The molecule has 236 valence electrons. The molecule has 0 unspecified atom stereocenters. The molecular weight excluding hydrogens is 504 g/mol. The van der Waals surface area contributed by atoms with Crippen molar-refractivity contribution in [2.75, 3.05) is 13.2 Å². The lowest BCUT2D eigenvalue weighted by molar-refractivity contribution is -0.167. The monoisotopic (exact) mass is 568 g/mol. The first-order chi connectivity index (χ1) is 19.5. The van der Waals surface area contributed by atoms with E-state index >= 15 is 0 Å². The summed E-state index contributed by atoms with van der Waals surface area (Å²) in [6.07, 6.45) is 25.5. The third-order valence-corrected chi connectivity index (χ3v) is 7.36. The summed E-state index contributed by atoms with van der Waals surface area (Å²) in [5.74, 6) is -0.892. The van der Waals surface area contributed by atoms with Crippen molar-refractivity contribution in [3.8, 4) is 0 Å². The van der Waals surface area contributed by atoms with Crippen LogP contribution in [0.5, 0.6) is 0 Å². The van der Waals surface area contributed by atoms with Gasteiger partial charge in [0, 0.05) is 19.3 Å². The van der Waals surface area contributed by atoms with Crippen molar-refractivity contribution in [3.63, 3.8) is 0 Å². The van der Waals surface area contributed by atoms with Crippen molar-refractivity contribution in [2.45, 2.75) is 187 Å². The predicted octanol–water partition coefficient (Wildman–Crippen LogP) is 9.80. The zero-order valence-electron chi connectivity index (χ0n) is 26.6. The lowest BCUT2D eigenvalue weighted by atomic mass is 10.1. The topological polar surface area (TPSA) is 78.9 Å². The number of carbonyl (C=O) groups is 3. The van der Waals surface area contributed by atoms with Gasteiger partial charge in [-0.2, -0.15) is 0 Å². The first-order valence-electron chi connectivity index (χ1n) is 17.0. The number of hydrogen-bond donors (Lipinski definition) is 0. The van der Waals surface area contributed by atoms with E-state index in [1.54, 1.807) is 0 Å². The van der Waals surface area contributed by atoms with Gasteiger partial charge in [-0.25, -0.2) is 0 Å². The van der Waals surface area contributed by atoms with E-state index in [4.69, 9.17) is 14.2 Å². The molecule has 6 heteroatoms. The minimum absolute atomic E-state index is 0.0663. The van der Waals surface area contributed by atoms with Gasteiger partial charge in [-0.05, 0) is 19.3 Å². The van der Waals surface area contributed by atoms with Gasteiger partial charge in [0.05, 0.1) is 0 Å². The SMILES string of the molecule is CCCCCCCCCCCCC(=O)OC[C@@H](COC(=O)CCCCCCC)OC(=O)CCCCCCCCC. The van der Waals surface area contributed by atoms with Crippen LogP contribution in [0.4, 0.5) is 0 Å². The minimum atomic E-state index is -0.752. The third kappa shape index (κ3) is 28.0. The van der Waals surface area contributed by atoms with Gasteiger partial charge in [-0.15, -0.1) is 0 Å². The van der Waals surface area contributed by atoms with E-state index in [9.17, 15) is 14.4 Å². The average molecular weight is 569 g/mol. The fourth-order valence-corrected chi connectivity index (χ4v) is 4.73. The molecule has 0 radical (unpaired) electrons. The van der Waals surface area contributed by atoms with Gasteiger partial charge < -0.3 is 14.2 Å². The highest BCUT2D eigenvalue weighted by Crippen LogP contribution is 2.13. The number of unbranched alkanes of at least 4 members (excludes halogenated alkanes) is 19. The summed E-state index contributed by atoms with van der Waals surface area (Å²) in [6, 6.07) is 0. The standard InChI is InChI=1S/C34H64O6/c1-4-7-10-13-15-16-17-19-21-24-27-33(36)39-30-31(29-38-32(35)26-23-20-12-9-6-3)40-34(37)28-25-22-18-14-11-8-5-2/h31H,4-30H2,1-3H3/t31-/m1/s1. The summed E-state index contributed by atoms with van der Waals surface area (Å²) >= 11 is 0. The van der Waals surface area contributed by atoms with E-state index in [2.05, 4.69) is 20.8 Å². The summed E-state index contributed by atoms with van der Waals surface area (Å²) in [7, 11) is 0. The Morgan fingerprint density at radius 1 is 0.400 bits per heavy atom. The van der Waals surface area contributed by atoms with E-state index < -0.39 is 6.10 Å². The lowest BCUT2D eigenvalue weighted by Gasteiger charge is -2.18. The minimum Gasteiger partial charge on any atom is -0.462 e. The Labute approximate surface area is 247 Å². The largest absolute Gasteiger partial charge is 0.462 e. The molecule has 0 saturated carbocycles. The van der Waals surface area contributed by atoms with Gasteiger partial charge in [0.15, 0.2) is 6.10 Å². The second-order valence-electron chi connectivity index (χ2n) is 11.4. The zero-order valence-corrected chi connectivity index (χ0v) is 26.6. The number of esters is 3. The molecule has 0 aromatic carbocycles. The molecule has 0 aliphatic rings. The van der Waals surface area contributed by atoms with Crippen molar-refractivity contribution in [1.29, 1.82) is 0 Å². The second-order valence-corrected chi connectivity index (χ2v) is 11.4. The van der Waals surface area contributed by atoms with Crippen molar-refractivity contribution in [1.82, 2.24) is 0 Å². The maximum absolute atomic E-state index is 12.4. The van der Waals surface area contributed by atoms with Gasteiger partial charge in [0.25, 0.3) is 0 Å². The first kappa shape index (κ1) is 38.4. The zero-order chi connectivity index (χ0) is 29.5. The van der Waals surface area contributed by atoms with Crippen LogP contribution in [-0.4, -0.2) is 37.2 Å². The molecule has 40 heavy (non-hydrogen) atoms. The summed E-state index contributed by atoms with van der Waals surface area (Å²) in [5, 5.41) is 0. The van der Waals surface area contributed by atoms with Crippen LogP contribution in [0, 0.1) is 0 Å². The highest BCUT2D eigenvalue weighted by molar-refractivity contribution is 5.71. The Bertz CT molecular complexity index is 591. The predicted molar refractivity (Wildman–Crippen MR) is 164 cm³/mol. The fraction of sp³-hybridized carbons (Fsp3) is 0.912. The third-order valence-electron chi connectivity index (χ3n) is 7.36. The Kier molecular flexibility index (Phi) is 29.2. The maximum atomic E-state index is 12.4. The van der Waals surface area contributed by atoms with Gasteiger partial charge in [-0.1, -0.05) is 143 Å². The van der Waals surface area contributed by atoms with Crippen LogP contribution in [0.3, 0.4) is 0 Å². The first-order valence-corrected chi connectivity index (χ1v) is 17.0. The molecule has 0 aliphatic carbocycles. The van der Waals surface area contributed by atoms with E-state index in [-0.39, 0.29) is 31.1 Å². The number of hydrogen-bond acceptors (Lipinski definition) is 6. The summed E-state index contributed by atoms with van der Waals surface area (Å²) < 4.78 is 16.4. The molecule has 0 heterocycles. The van der Waals surface area contributed by atoms with Crippen molar-refractivity contribution < 1.29 is 28.6 Å². The van der Waals surface area contributed by atoms with Crippen LogP contribution in [-0.2, 0) is 28.6 Å². The van der Waals surface area contributed by atoms with Crippen molar-refractivity contribution >= 4 is 17.9 Å². The smallest absolute Gasteiger partial charge is 0.306 e. The number of rotatable bonds is 30. The van der Waals surface area contributed by atoms with Crippen molar-refractivity contribution in [3.05, 3.63) is 0 Å². The van der Waals surface area contributed by atoms with E-state index in [1.807, 2.05) is 0 Å². The highest BCUT2D eigenvalue weighted by Gasteiger charge is 2.19. The van der Waals surface area contributed by atoms with E-state index in [0.29, 0.717) is 19.3 Å². The summed E-state index contributed by atoms with van der Waals surface area (Å²) in [4.78, 5) is 36.9. The fourth-order valence-electron chi connectivity index (χ4n) is 4.73. The normalized spacial score (nSPS) is 11.8. The number of carbonyl (C=O) groups excluding carboxylic acids is 3. The molecule has 0 saturated heterocycles. The molecule has 0 fully saturated rings. The van der Waals surface area contributed by atoms with Crippen LogP contribution >= 0.6 is 0 Å². The molecule has 0 amide bonds. The van der Waals surface area contributed by atoms with Gasteiger partial charge in [0.1, 0.15) is 13.2 Å². The van der Waals surface area contributed by atoms with Gasteiger partial charge >= 0.3 is 17.9 Å². The highest BCUT2D eigenvalue weighted by atomic mass is 16.6. The Morgan fingerprint density at radius 3 is 1.00 bits per heavy atom. The molecule has 0 rings (SSSR count). The quantitative estimate of drug-likeness (QED) is 0.0487. The van der Waals surface area contributed by atoms with E-state index in [0.717, 1.165) is 64.2 Å². The molecule has 0 N–H and O–H groups in total. The second kappa shape index (κ2) is 30.4.